The van der Waals surface area contributed by atoms with Crippen molar-refractivity contribution in [1.29, 1.82) is 0 Å². The summed E-state index contributed by atoms with van der Waals surface area (Å²) in [6.45, 7) is 7.86. The van der Waals surface area contributed by atoms with Crippen molar-refractivity contribution in [2.45, 2.75) is 38.8 Å². The van der Waals surface area contributed by atoms with Crippen LogP contribution in [-0.2, 0) is 12.1 Å². The average molecular weight is 405 g/mol. The third-order valence-electron chi connectivity index (χ3n) is 6.51. The lowest BCUT2D eigenvalue weighted by Crippen LogP contribution is -2.55. The Labute approximate surface area is 177 Å². The molecular formula is C24H28N4O2. The highest BCUT2D eigenvalue weighted by Gasteiger charge is 2.47. The molecule has 1 amide bonds. The Morgan fingerprint density at radius 2 is 2.00 bits per heavy atom. The molecule has 1 saturated heterocycles. The molecule has 6 heteroatoms. The van der Waals surface area contributed by atoms with Crippen molar-refractivity contribution in [3.8, 4) is 5.69 Å². The molecule has 156 valence electrons. The Morgan fingerprint density at radius 3 is 2.73 bits per heavy atom. The first-order chi connectivity index (χ1) is 14.6. The molecule has 2 aliphatic heterocycles. The first-order valence-corrected chi connectivity index (χ1v) is 10.8. The molecule has 0 aliphatic carbocycles. The van der Waals surface area contributed by atoms with Crippen LogP contribution in [0.4, 0.5) is 0 Å². The van der Waals surface area contributed by atoms with E-state index in [1.165, 1.54) is 17.5 Å². The van der Waals surface area contributed by atoms with Crippen molar-refractivity contribution in [3.05, 3.63) is 72.2 Å². The second-order valence-electron chi connectivity index (χ2n) is 8.86. The van der Waals surface area contributed by atoms with Crippen LogP contribution >= 0.6 is 0 Å². The predicted octanol–water partition coefficient (Wildman–Crippen LogP) is 4.07. The highest BCUT2D eigenvalue weighted by atomic mass is 16.3. The predicted molar refractivity (Wildman–Crippen MR) is 114 cm³/mol. The number of hydrogen-bond donors (Lipinski definition) is 0. The normalized spacial score (nSPS) is 18.3. The molecule has 0 radical (unpaired) electrons. The Bertz CT molecular complexity index is 1030. The van der Waals surface area contributed by atoms with Gasteiger partial charge in [0.2, 0.25) is 0 Å². The molecular weight excluding hydrogens is 376 g/mol. The molecule has 0 saturated carbocycles. The van der Waals surface area contributed by atoms with E-state index in [1.807, 2.05) is 11.1 Å². The number of nitrogens with zero attached hydrogens (tertiary/aromatic N) is 4. The van der Waals surface area contributed by atoms with Gasteiger partial charge in [0.15, 0.2) is 0 Å². The number of carbonyl (C=O) groups is 1. The number of hydrogen-bond acceptors (Lipinski definition) is 4. The van der Waals surface area contributed by atoms with E-state index in [4.69, 9.17) is 9.40 Å². The van der Waals surface area contributed by atoms with E-state index in [0.717, 1.165) is 31.8 Å². The van der Waals surface area contributed by atoms with Crippen molar-refractivity contribution >= 4 is 5.91 Å². The first kappa shape index (κ1) is 19.1. The summed E-state index contributed by atoms with van der Waals surface area (Å²) in [5.74, 6) is 1.69. The summed E-state index contributed by atoms with van der Waals surface area (Å²) < 4.78 is 7.38. The number of fused-ring (bicyclic) bond motifs is 4. The number of para-hydroxylation sites is 1. The smallest absolute Gasteiger partial charge is 0.257 e. The first-order valence-electron chi connectivity index (χ1n) is 10.8. The maximum absolute atomic E-state index is 12.9. The summed E-state index contributed by atoms with van der Waals surface area (Å²) >= 11 is 0. The summed E-state index contributed by atoms with van der Waals surface area (Å²) in [6, 6.07) is 10.4. The molecule has 0 N–H and O–H groups in total. The van der Waals surface area contributed by atoms with Gasteiger partial charge in [-0.05, 0) is 36.5 Å². The Kier molecular flexibility index (Phi) is 4.74. The lowest BCUT2D eigenvalue weighted by molar-refractivity contribution is 0.000770. The van der Waals surface area contributed by atoms with Crippen molar-refractivity contribution in [2.75, 3.05) is 19.6 Å². The van der Waals surface area contributed by atoms with Crippen LogP contribution in [0.15, 0.2) is 59.7 Å². The Balaban J connectivity index is 1.52. The van der Waals surface area contributed by atoms with Gasteiger partial charge in [0.25, 0.3) is 5.91 Å². The monoisotopic (exact) mass is 404 g/mol. The van der Waals surface area contributed by atoms with Gasteiger partial charge in [0.1, 0.15) is 12.1 Å². The van der Waals surface area contributed by atoms with Crippen molar-refractivity contribution in [2.24, 2.45) is 5.92 Å². The van der Waals surface area contributed by atoms with Crippen molar-refractivity contribution in [1.82, 2.24) is 19.4 Å². The molecule has 2 aliphatic rings. The highest BCUT2D eigenvalue weighted by Crippen LogP contribution is 2.43. The molecule has 0 bridgehead atoms. The Morgan fingerprint density at radius 1 is 1.20 bits per heavy atom. The summed E-state index contributed by atoms with van der Waals surface area (Å²) in [5, 5.41) is 0. The van der Waals surface area contributed by atoms with E-state index in [2.05, 4.69) is 53.8 Å². The van der Waals surface area contributed by atoms with Crippen molar-refractivity contribution in [3.63, 3.8) is 0 Å². The van der Waals surface area contributed by atoms with Gasteiger partial charge in [-0.1, -0.05) is 32.0 Å². The second kappa shape index (κ2) is 7.43. The topological polar surface area (TPSA) is 54.5 Å². The van der Waals surface area contributed by atoms with Crippen LogP contribution in [0, 0.1) is 5.92 Å². The number of furan rings is 1. The molecule has 6 nitrogen and oxygen atoms in total. The number of benzene rings is 1. The average Bonchev–Trinajstić information content (AvgIpc) is 3.44. The lowest BCUT2D eigenvalue weighted by atomic mass is 9.83. The minimum Gasteiger partial charge on any atom is -0.472 e. The maximum atomic E-state index is 12.9. The van der Waals surface area contributed by atoms with Gasteiger partial charge in [-0.25, -0.2) is 4.98 Å². The second-order valence-corrected chi connectivity index (χ2v) is 8.86. The van der Waals surface area contributed by atoms with Gasteiger partial charge in [0.05, 0.1) is 23.1 Å². The molecule has 30 heavy (non-hydrogen) atoms. The number of likely N-dealkylation sites (tertiary alicyclic amines) is 1. The molecule has 1 fully saturated rings. The maximum Gasteiger partial charge on any atom is 0.257 e. The quantitative estimate of drug-likeness (QED) is 0.660. The van der Waals surface area contributed by atoms with E-state index in [1.54, 1.807) is 12.3 Å². The fourth-order valence-corrected chi connectivity index (χ4v) is 5.09. The van der Waals surface area contributed by atoms with E-state index < -0.39 is 0 Å². The van der Waals surface area contributed by atoms with Gasteiger partial charge in [-0.2, -0.15) is 0 Å². The third kappa shape index (κ3) is 3.06. The Hall–Kier alpha value is -2.86. The van der Waals surface area contributed by atoms with Gasteiger partial charge in [0, 0.05) is 38.6 Å². The zero-order chi connectivity index (χ0) is 20.7. The minimum absolute atomic E-state index is 0.0502. The number of amides is 1. The molecule has 0 unspecified atom stereocenters. The number of aromatic nitrogens is 2. The number of imidazole rings is 1. The number of carbonyl (C=O) groups excluding carboxylic acids is 1. The van der Waals surface area contributed by atoms with Gasteiger partial charge < -0.3 is 13.9 Å². The number of rotatable bonds is 3. The molecule has 4 heterocycles. The van der Waals surface area contributed by atoms with E-state index in [-0.39, 0.29) is 11.4 Å². The molecule has 5 rings (SSSR count). The van der Waals surface area contributed by atoms with Crippen LogP contribution in [0.1, 0.15) is 48.4 Å². The van der Waals surface area contributed by atoms with E-state index >= 15 is 0 Å². The molecule has 1 aromatic carbocycles. The molecule has 2 aromatic heterocycles. The molecule has 1 spiro atoms. The zero-order valence-corrected chi connectivity index (χ0v) is 17.6. The van der Waals surface area contributed by atoms with Gasteiger partial charge in [-0.15, -0.1) is 0 Å². The third-order valence-corrected chi connectivity index (χ3v) is 6.51. The SMILES string of the molecule is CC(C)CN1Cc2ccccc2-n2ccnc2C12CCN(C(=O)c1ccoc1)CC2. The van der Waals surface area contributed by atoms with Crippen LogP contribution in [0.25, 0.3) is 5.69 Å². The zero-order valence-electron chi connectivity index (χ0n) is 17.6. The fraction of sp³-hybridized carbons (Fsp3) is 0.417. The summed E-state index contributed by atoms with van der Waals surface area (Å²) in [7, 11) is 0. The van der Waals surface area contributed by atoms with Crippen LogP contribution in [0.2, 0.25) is 0 Å². The van der Waals surface area contributed by atoms with E-state index in [9.17, 15) is 4.79 Å². The van der Waals surface area contributed by atoms with E-state index in [0.29, 0.717) is 24.6 Å². The minimum atomic E-state index is -0.181. The van der Waals surface area contributed by atoms with Gasteiger partial charge in [-0.3, -0.25) is 9.69 Å². The van der Waals surface area contributed by atoms with Crippen molar-refractivity contribution < 1.29 is 9.21 Å². The molecule has 0 atom stereocenters. The summed E-state index contributed by atoms with van der Waals surface area (Å²) in [6.07, 6.45) is 8.82. The molecule has 3 aromatic rings. The van der Waals surface area contributed by atoms with Crippen LogP contribution in [0.3, 0.4) is 0 Å². The van der Waals surface area contributed by atoms with Crippen LogP contribution in [-0.4, -0.2) is 44.9 Å². The largest absolute Gasteiger partial charge is 0.472 e. The lowest BCUT2D eigenvalue weighted by Gasteiger charge is -2.48. The number of piperidine rings is 1. The summed E-state index contributed by atoms with van der Waals surface area (Å²) in [4.78, 5) is 22.3. The standard InChI is InChI=1S/C24H28N4O2/c1-18(2)15-27-16-19-5-3-4-6-21(19)28-13-10-25-23(28)24(27)8-11-26(12-9-24)22(29)20-7-14-30-17-20/h3-7,10,13-14,17-18H,8-9,11-12,15-16H2,1-2H3. The van der Waals surface area contributed by atoms with Crippen LogP contribution in [0.5, 0.6) is 0 Å². The van der Waals surface area contributed by atoms with Crippen LogP contribution < -0.4 is 0 Å². The summed E-state index contributed by atoms with van der Waals surface area (Å²) in [5.41, 5.74) is 2.98. The van der Waals surface area contributed by atoms with Gasteiger partial charge >= 0.3 is 0 Å². The highest BCUT2D eigenvalue weighted by molar-refractivity contribution is 5.93. The fourth-order valence-electron chi connectivity index (χ4n) is 5.09.